The van der Waals surface area contributed by atoms with E-state index in [4.69, 9.17) is 100 Å². The van der Waals surface area contributed by atoms with E-state index >= 15 is 0 Å². The largest absolute Gasteiger partial charge is 0.480 e. The van der Waals surface area contributed by atoms with Gasteiger partial charge in [0.2, 0.25) is 0 Å². The van der Waals surface area contributed by atoms with E-state index in [1.54, 1.807) is 23.3 Å². The van der Waals surface area contributed by atoms with Gasteiger partial charge in [-0.3, -0.25) is 0 Å². The third-order valence-corrected chi connectivity index (χ3v) is 50.7. The number of rotatable bonds is 9. The predicted octanol–water partition coefficient (Wildman–Crippen LogP) is 22.1. The van der Waals surface area contributed by atoms with Gasteiger partial charge >= 0.3 is 278 Å². The molecule has 2 N–H and O–H groups in total. The van der Waals surface area contributed by atoms with Crippen LogP contribution >= 0.6 is 80.5 Å². The quantitative estimate of drug-likeness (QED) is 0.150. The van der Waals surface area contributed by atoms with Crippen LogP contribution in [0, 0.1) is 0 Å². The maximum absolute atomic E-state index is 10.2. The van der Waals surface area contributed by atoms with Gasteiger partial charge in [-0.1, -0.05) is 69.7 Å². The number of benzene rings is 6. The van der Waals surface area contributed by atoms with Gasteiger partial charge in [-0.05, 0) is 99.2 Å². The molecule has 0 aromatic heterocycles. The molecule has 4 aliphatic carbocycles. The first-order valence-corrected chi connectivity index (χ1v) is 45.4. The minimum atomic E-state index is -3.39. The second kappa shape index (κ2) is 28.2. The molecule has 0 unspecified atom stereocenters. The van der Waals surface area contributed by atoms with E-state index in [2.05, 4.69) is 178 Å². The average Bonchev–Trinajstić information content (AvgIpc) is 4.20. The number of fused-ring (bicyclic) bond motifs is 6. The number of ether oxygens (including phenoxy) is 2. The van der Waals surface area contributed by atoms with Gasteiger partial charge < -0.3 is 19.7 Å². The molecule has 10 rings (SSSR count). The second-order valence-electron chi connectivity index (χ2n) is 21.9. The van der Waals surface area contributed by atoms with Crippen molar-refractivity contribution in [2.75, 3.05) is 13.2 Å². The van der Waals surface area contributed by atoms with E-state index in [1.807, 2.05) is 0 Å². The molecule has 4 aliphatic rings. The molecule has 0 saturated heterocycles. The Labute approximate surface area is 515 Å². The SMILES string of the molecule is CC1=CCC(C2=C(C)C(C)=CC2)=C1C.C[C](C)(C)[Zr]([Cl])([Cl])[CH]1c2ccccc2-c2ccccc21.C[C](C)(C)[Zr]([Cl])([Cl])[CH]1c2ccccc2-c2ccccc21.O=C(O)COc1ccc(Cl)cc1Cl.O=C(O)COc1ccc(Cl)cc1Cl. The molecule has 0 atom stereocenters. The van der Waals surface area contributed by atoms with Crippen molar-refractivity contribution in [3.8, 4) is 33.8 Å². The van der Waals surface area contributed by atoms with Crippen LogP contribution in [0.15, 0.2) is 179 Å². The Hall–Kier alpha value is -3.09. The fourth-order valence-corrected chi connectivity index (χ4v) is 26.8. The van der Waals surface area contributed by atoms with E-state index in [0.29, 0.717) is 31.6 Å². The standard InChI is InChI=1S/C14H18.2C13H9.2C8H6Cl2O3.2C4H9.4ClH.2Zr/c1-9-5-7-13(11(9)3)14-8-6-10(2)12(14)4;2*1-3-7-12-10(5-1)9-11-6-2-4-8-13(11)12;2*9-5-1-2-7(6(10)3-5)13-4-8(11)12;2*1-4(2)3;;;;;;/h5-6H,7-8H2,1-4H3;2*1-9H;2*1-3H,4H2,(H,11,12);2*1-3H3;4*1H;;/q;;;;;;;;;;;2*+2/p-4. The summed E-state index contributed by atoms with van der Waals surface area (Å²) < 4.78 is 10.2. The molecule has 0 saturated carbocycles. The first-order valence-electron chi connectivity index (χ1n) is 25.9. The summed E-state index contributed by atoms with van der Waals surface area (Å²) in [7, 11) is 28.2. The van der Waals surface area contributed by atoms with Crippen molar-refractivity contribution in [3.63, 3.8) is 0 Å². The maximum atomic E-state index is 10.2. The Kier molecular flexibility index (Phi) is 23.3. The van der Waals surface area contributed by atoms with Gasteiger partial charge in [-0.15, -0.1) is 0 Å². The zero-order valence-corrected chi connectivity index (χ0v) is 57.4. The molecule has 0 fully saturated rings. The summed E-state index contributed by atoms with van der Waals surface area (Å²) in [5.74, 6) is -1.47. The Balaban J connectivity index is 0.000000164. The molecule has 0 heterocycles. The van der Waals surface area contributed by atoms with Crippen LogP contribution in [0.3, 0.4) is 0 Å². The fraction of sp³-hybridized carbons (Fsp3) is 0.281. The van der Waals surface area contributed by atoms with Crippen LogP contribution in [0.4, 0.5) is 0 Å². The van der Waals surface area contributed by atoms with Gasteiger partial charge in [-0.2, -0.15) is 0 Å². The van der Waals surface area contributed by atoms with Gasteiger partial charge in [0, 0.05) is 10.0 Å². The summed E-state index contributed by atoms with van der Waals surface area (Å²) in [4.78, 5) is 20.3. The van der Waals surface area contributed by atoms with E-state index in [0.717, 1.165) is 12.8 Å². The van der Waals surface area contributed by atoms with Crippen molar-refractivity contribution in [1.29, 1.82) is 0 Å². The molecule has 0 bridgehead atoms. The minimum absolute atomic E-state index is 0.00692. The van der Waals surface area contributed by atoms with Crippen LogP contribution in [-0.4, -0.2) is 35.4 Å². The van der Waals surface area contributed by atoms with Gasteiger partial charge in [0.05, 0.1) is 10.0 Å². The molecule has 6 aromatic carbocycles. The van der Waals surface area contributed by atoms with Crippen molar-refractivity contribution in [2.24, 2.45) is 0 Å². The Bertz CT molecular complexity index is 3070. The number of halogens is 8. The third-order valence-electron chi connectivity index (χ3n) is 14.6. The molecule has 0 aliphatic heterocycles. The topological polar surface area (TPSA) is 93.1 Å². The number of carboxylic acid groups (broad SMARTS) is 2. The average molecular weight is 1400 g/mol. The molecule has 0 amide bonds. The normalized spacial score (nSPS) is 14.5. The summed E-state index contributed by atoms with van der Waals surface area (Å²) in [6.07, 6.45) is 6.98. The van der Waals surface area contributed by atoms with E-state index in [9.17, 15) is 9.59 Å². The zero-order chi connectivity index (χ0) is 59.1. The number of hydrogen-bond acceptors (Lipinski definition) is 4. The number of carbonyl (C=O) groups is 2. The smallest absolute Gasteiger partial charge is 0.341 e. The molecule has 16 heteroatoms. The maximum Gasteiger partial charge on any atom is 0.341 e. The van der Waals surface area contributed by atoms with Crippen LogP contribution in [0.1, 0.15) is 112 Å². The van der Waals surface area contributed by atoms with Gasteiger partial charge in [0.15, 0.2) is 13.2 Å². The molecule has 422 valence electrons. The number of hydrogen-bond donors (Lipinski definition) is 2. The van der Waals surface area contributed by atoms with Crippen LogP contribution < -0.4 is 9.47 Å². The summed E-state index contributed by atoms with van der Waals surface area (Å²) in [6, 6.07) is 43.4. The van der Waals surface area contributed by atoms with Crippen LogP contribution in [-0.2, 0) is 45.3 Å². The molecule has 80 heavy (non-hydrogen) atoms. The van der Waals surface area contributed by atoms with E-state index in [1.165, 1.54) is 91.1 Å². The first-order chi connectivity index (χ1) is 37.5. The summed E-state index contributed by atoms with van der Waals surface area (Å²) in [5.41, 5.74) is 19.6. The summed E-state index contributed by atoms with van der Waals surface area (Å²) in [6.45, 7) is 21.2. The van der Waals surface area contributed by atoms with Crippen molar-refractivity contribution in [2.45, 2.75) is 95.6 Å². The van der Waals surface area contributed by atoms with Gasteiger partial charge in [0.1, 0.15) is 11.5 Å². The number of carboxylic acids is 2. The van der Waals surface area contributed by atoms with Crippen LogP contribution in [0.2, 0.25) is 26.3 Å². The molecular formula is C64H66Cl8O6Zr2. The van der Waals surface area contributed by atoms with Gasteiger partial charge in [-0.25, -0.2) is 9.59 Å². The number of aliphatic carboxylic acids is 2. The predicted molar refractivity (Wildman–Crippen MR) is 332 cm³/mol. The van der Waals surface area contributed by atoms with Crippen molar-refractivity contribution < 1.29 is 65.0 Å². The molecule has 6 nitrogen and oxygen atoms in total. The van der Waals surface area contributed by atoms with E-state index < -0.39 is 60.9 Å². The molecule has 6 aromatic rings. The second-order valence-corrected chi connectivity index (χ2v) is 56.3. The Morgan fingerprint density at radius 3 is 0.975 bits per heavy atom. The van der Waals surface area contributed by atoms with Crippen molar-refractivity contribution in [1.82, 2.24) is 0 Å². The zero-order valence-electron chi connectivity index (χ0n) is 46.4. The van der Waals surface area contributed by atoms with Crippen molar-refractivity contribution >= 4 is 92.4 Å². The van der Waals surface area contributed by atoms with E-state index in [-0.39, 0.29) is 13.5 Å². The molecular weight excluding hydrogens is 1330 g/mol. The fourth-order valence-electron chi connectivity index (χ4n) is 9.72. The molecule has 0 spiro atoms. The Morgan fingerprint density at radius 1 is 0.475 bits per heavy atom. The van der Waals surface area contributed by atoms with Crippen LogP contribution in [0.5, 0.6) is 11.5 Å². The minimum Gasteiger partial charge on any atom is -0.480 e. The summed E-state index contributed by atoms with van der Waals surface area (Å²) >= 11 is 15.9. The number of allylic oxidation sites excluding steroid dienone is 8. The third kappa shape index (κ3) is 15.8. The van der Waals surface area contributed by atoms with Gasteiger partial charge in [0.25, 0.3) is 0 Å². The molecule has 0 radical (unpaired) electrons. The van der Waals surface area contributed by atoms with Crippen LogP contribution in [0.25, 0.3) is 22.3 Å². The first kappa shape index (κ1) is 66.1. The monoisotopic (exact) mass is 1390 g/mol. The summed E-state index contributed by atoms with van der Waals surface area (Å²) in [5, 5.41) is 18.2. The van der Waals surface area contributed by atoms with Crippen molar-refractivity contribution in [3.05, 3.63) is 221 Å². The Morgan fingerprint density at radius 2 is 0.750 bits per heavy atom.